The van der Waals surface area contributed by atoms with Crippen molar-refractivity contribution < 1.29 is 10.0 Å². The third-order valence-corrected chi connectivity index (χ3v) is 3.58. The molecule has 3 N–H and O–H groups in total. The molecule has 0 bridgehead atoms. The van der Waals surface area contributed by atoms with Crippen molar-refractivity contribution in [2.75, 3.05) is 24.2 Å². The zero-order chi connectivity index (χ0) is 15.1. The molecule has 1 aromatic rings. The van der Waals surface area contributed by atoms with E-state index in [1.807, 2.05) is 13.8 Å². The van der Waals surface area contributed by atoms with E-state index in [0.29, 0.717) is 17.9 Å². The average Bonchev–Trinajstić information content (AvgIpc) is 2.45. The monoisotopic (exact) mass is 281 g/mol. The molecule has 0 radical (unpaired) electrons. The molecule has 6 heteroatoms. The summed E-state index contributed by atoms with van der Waals surface area (Å²) < 4.78 is 0. The van der Waals surface area contributed by atoms with Gasteiger partial charge < -0.3 is 15.7 Å². The van der Waals surface area contributed by atoms with Crippen LogP contribution in [0.25, 0.3) is 0 Å². The number of nitro groups is 1. The number of nitrogens with one attached hydrogen (secondary N) is 2. The van der Waals surface area contributed by atoms with Crippen molar-refractivity contribution in [3.63, 3.8) is 0 Å². The number of nitrogens with zero attached hydrogens (tertiary/aromatic N) is 1. The molecule has 1 unspecified atom stereocenters. The van der Waals surface area contributed by atoms with E-state index in [1.54, 1.807) is 25.2 Å². The van der Waals surface area contributed by atoms with Crippen LogP contribution in [0.2, 0.25) is 0 Å². The highest BCUT2D eigenvalue weighted by molar-refractivity contribution is 5.76. The van der Waals surface area contributed by atoms with Gasteiger partial charge in [0.25, 0.3) is 0 Å². The number of nitro benzene ring substituents is 1. The van der Waals surface area contributed by atoms with Crippen LogP contribution >= 0.6 is 0 Å². The molecule has 1 atom stereocenters. The molecule has 0 heterocycles. The highest BCUT2D eigenvalue weighted by Gasteiger charge is 2.21. The second kappa shape index (κ2) is 7.69. The van der Waals surface area contributed by atoms with E-state index in [2.05, 4.69) is 10.6 Å². The summed E-state index contributed by atoms with van der Waals surface area (Å²) in [7, 11) is 1.64. The van der Waals surface area contributed by atoms with Crippen LogP contribution in [0.3, 0.4) is 0 Å². The molecule has 20 heavy (non-hydrogen) atoms. The zero-order valence-electron chi connectivity index (χ0n) is 12.2. The van der Waals surface area contributed by atoms with Crippen molar-refractivity contribution in [3.05, 3.63) is 28.3 Å². The normalized spacial score (nSPS) is 12.2. The van der Waals surface area contributed by atoms with Gasteiger partial charge in [-0.3, -0.25) is 10.1 Å². The molecule has 0 aliphatic carbocycles. The number of hydrogen-bond donors (Lipinski definition) is 3. The SMILES string of the molecule is CCC(CC)C(O)CNc1cccc(NC)c1[N+](=O)[O-]. The van der Waals surface area contributed by atoms with Crippen molar-refractivity contribution in [3.8, 4) is 0 Å². The summed E-state index contributed by atoms with van der Waals surface area (Å²) in [6.07, 6.45) is 1.26. The Labute approximate surface area is 119 Å². The first-order valence-corrected chi connectivity index (χ1v) is 6.92. The maximum Gasteiger partial charge on any atom is 0.315 e. The lowest BCUT2D eigenvalue weighted by atomic mass is 9.96. The van der Waals surface area contributed by atoms with Crippen LogP contribution in [0, 0.1) is 16.0 Å². The fraction of sp³-hybridized carbons (Fsp3) is 0.571. The molecule has 0 saturated heterocycles. The van der Waals surface area contributed by atoms with Crippen LogP contribution < -0.4 is 10.6 Å². The molecule has 0 saturated carbocycles. The maximum atomic E-state index is 11.2. The number of aliphatic hydroxyl groups excluding tert-OH is 1. The van der Waals surface area contributed by atoms with Gasteiger partial charge in [-0.2, -0.15) is 0 Å². The Morgan fingerprint density at radius 1 is 1.30 bits per heavy atom. The van der Waals surface area contributed by atoms with Gasteiger partial charge in [-0.15, -0.1) is 0 Å². The van der Waals surface area contributed by atoms with Gasteiger partial charge in [0.15, 0.2) is 0 Å². The van der Waals surface area contributed by atoms with Gasteiger partial charge in [0.1, 0.15) is 11.4 Å². The van der Waals surface area contributed by atoms with E-state index in [4.69, 9.17) is 0 Å². The summed E-state index contributed by atoms with van der Waals surface area (Å²) in [6, 6.07) is 5.05. The lowest BCUT2D eigenvalue weighted by Crippen LogP contribution is -2.27. The second-order valence-electron chi connectivity index (χ2n) is 4.73. The minimum atomic E-state index is -0.511. The third kappa shape index (κ3) is 3.84. The first-order valence-electron chi connectivity index (χ1n) is 6.92. The number of rotatable bonds is 8. The number of para-hydroxylation sites is 1. The summed E-state index contributed by atoms with van der Waals surface area (Å²) in [6.45, 7) is 4.36. The van der Waals surface area contributed by atoms with Crippen LogP contribution in [0.5, 0.6) is 0 Å². The number of anilines is 2. The highest BCUT2D eigenvalue weighted by Crippen LogP contribution is 2.32. The maximum absolute atomic E-state index is 11.2. The van der Waals surface area contributed by atoms with Crippen LogP contribution in [-0.2, 0) is 0 Å². The van der Waals surface area contributed by atoms with E-state index in [1.165, 1.54) is 0 Å². The molecule has 0 aromatic heterocycles. The van der Waals surface area contributed by atoms with Crippen LogP contribution in [0.4, 0.5) is 17.1 Å². The molecule has 112 valence electrons. The standard InChI is InChI=1S/C14H23N3O3/c1-4-10(5-2)13(18)9-16-12-8-6-7-11(15-3)14(12)17(19)20/h6-8,10,13,15-16,18H,4-5,9H2,1-3H3. The summed E-state index contributed by atoms with van der Waals surface area (Å²) in [5.41, 5.74) is 0.885. The van der Waals surface area contributed by atoms with Gasteiger partial charge in [-0.05, 0) is 18.1 Å². The van der Waals surface area contributed by atoms with Crippen LogP contribution in [0.15, 0.2) is 18.2 Å². The van der Waals surface area contributed by atoms with E-state index in [-0.39, 0.29) is 11.6 Å². The van der Waals surface area contributed by atoms with E-state index < -0.39 is 11.0 Å². The van der Waals surface area contributed by atoms with Crippen molar-refractivity contribution in [1.82, 2.24) is 0 Å². The Balaban J connectivity index is 2.85. The molecule has 0 spiro atoms. The summed E-state index contributed by atoms with van der Waals surface area (Å²) in [4.78, 5) is 10.7. The number of benzene rings is 1. The fourth-order valence-corrected chi connectivity index (χ4v) is 2.30. The Morgan fingerprint density at radius 2 is 1.90 bits per heavy atom. The van der Waals surface area contributed by atoms with E-state index in [0.717, 1.165) is 12.8 Å². The quantitative estimate of drug-likeness (QED) is 0.504. The molecule has 1 aromatic carbocycles. The van der Waals surface area contributed by atoms with Crippen LogP contribution in [-0.4, -0.2) is 29.7 Å². The van der Waals surface area contributed by atoms with Crippen molar-refractivity contribution in [2.45, 2.75) is 32.8 Å². The average molecular weight is 281 g/mol. The van der Waals surface area contributed by atoms with Crippen LogP contribution in [0.1, 0.15) is 26.7 Å². The van der Waals surface area contributed by atoms with Gasteiger partial charge in [0.2, 0.25) is 0 Å². The lowest BCUT2D eigenvalue weighted by molar-refractivity contribution is -0.383. The minimum Gasteiger partial charge on any atom is -0.391 e. The topological polar surface area (TPSA) is 87.4 Å². The molecule has 0 aliphatic heterocycles. The first-order chi connectivity index (χ1) is 9.54. The van der Waals surface area contributed by atoms with Gasteiger partial charge >= 0.3 is 5.69 Å². The van der Waals surface area contributed by atoms with Crippen molar-refractivity contribution in [2.24, 2.45) is 5.92 Å². The molecular formula is C14H23N3O3. The first kappa shape index (κ1) is 16.2. The molecule has 0 aliphatic rings. The Kier molecular flexibility index (Phi) is 6.24. The molecule has 0 fully saturated rings. The van der Waals surface area contributed by atoms with E-state index >= 15 is 0 Å². The van der Waals surface area contributed by atoms with Crippen molar-refractivity contribution in [1.29, 1.82) is 0 Å². The van der Waals surface area contributed by atoms with Gasteiger partial charge in [0.05, 0.1) is 11.0 Å². The predicted molar refractivity (Wildman–Crippen MR) is 81.2 cm³/mol. The predicted octanol–water partition coefficient (Wildman–Crippen LogP) is 2.85. The third-order valence-electron chi connectivity index (χ3n) is 3.58. The van der Waals surface area contributed by atoms with Gasteiger partial charge in [-0.25, -0.2) is 0 Å². The van der Waals surface area contributed by atoms with Crippen molar-refractivity contribution >= 4 is 17.1 Å². The molecular weight excluding hydrogens is 258 g/mol. The Hall–Kier alpha value is -1.82. The highest BCUT2D eigenvalue weighted by atomic mass is 16.6. The molecule has 0 amide bonds. The fourth-order valence-electron chi connectivity index (χ4n) is 2.30. The largest absolute Gasteiger partial charge is 0.391 e. The summed E-state index contributed by atoms with van der Waals surface area (Å²) in [5.74, 6) is 0.203. The number of aliphatic hydroxyl groups is 1. The zero-order valence-corrected chi connectivity index (χ0v) is 12.2. The Bertz CT molecular complexity index is 447. The summed E-state index contributed by atoms with van der Waals surface area (Å²) in [5, 5.41) is 27.0. The summed E-state index contributed by atoms with van der Waals surface area (Å²) >= 11 is 0. The minimum absolute atomic E-state index is 0.00625. The second-order valence-corrected chi connectivity index (χ2v) is 4.73. The Morgan fingerprint density at radius 3 is 2.40 bits per heavy atom. The number of hydrogen-bond acceptors (Lipinski definition) is 5. The smallest absolute Gasteiger partial charge is 0.315 e. The van der Waals surface area contributed by atoms with Gasteiger partial charge in [-0.1, -0.05) is 32.8 Å². The molecule has 6 nitrogen and oxygen atoms in total. The lowest BCUT2D eigenvalue weighted by Gasteiger charge is -2.21. The molecule has 1 rings (SSSR count). The van der Waals surface area contributed by atoms with Gasteiger partial charge in [0, 0.05) is 13.6 Å². The van der Waals surface area contributed by atoms with E-state index in [9.17, 15) is 15.2 Å².